The summed E-state index contributed by atoms with van der Waals surface area (Å²) >= 11 is 0. The largest absolute Gasteiger partial charge is 0.375 e. The van der Waals surface area contributed by atoms with E-state index in [0.29, 0.717) is 12.4 Å². The minimum absolute atomic E-state index is 0.0870. The number of hydrogen-bond donors (Lipinski definition) is 0. The van der Waals surface area contributed by atoms with Gasteiger partial charge in [-0.3, -0.25) is 10.1 Å². The van der Waals surface area contributed by atoms with Gasteiger partial charge in [0.2, 0.25) is 5.82 Å². The normalized spacial score (nSPS) is 22.0. The average Bonchev–Trinajstić information content (AvgIpc) is 3.04. The Morgan fingerprint density at radius 3 is 2.88 bits per heavy atom. The van der Waals surface area contributed by atoms with Crippen LogP contribution in [-0.4, -0.2) is 60.2 Å². The minimum Gasteiger partial charge on any atom is -0.375 e. The number of piperidine rings is 1. The Hall–Kier alpha value is -1.73. The molecule has 7 heteroatoms. The van der Waals surface area contributed by atoms with Crippen molar-refractivity contribution in [3.05, 3.63) is 27.9 Å². The average molecular weight is 334 g/mol. The SMILES string of the molecule is Cc1cnc(N2CCC(OCCN3CCCCC3)C2)c([N+](=O)[O-])c1. The Labute approximate surface area is 142 Å². The van der Waals surface area contributed by atoms with Gasteiger partial charge in [0, 0.05) is 31.9 Å². The fourth-order valence-corrected chi connectivity index (χ4v) is 3.51. The number of nitrogens with zero attached hydrogens (tertiary/aromatic N) is 4. The molecule has 0 aromatic carbocycles. The van der Waals surface area contributed by atoms with Gasteiger partial charge >= 0.3 is 5.69 Å². The van der Waals surface area contributed by atoms with E-state index >= 15 is 0 Å². The lowest BCUT2D eigenvalue weighted by Gasteiger charge is -2.26. The van der Waals surface area contributed by atoms with E-state index in [1.807, 2.05) is 11.8 Å². The topological polar surface area (TPSA) is 71.7 Å². The van der Waals surface area contributed by atoms with Crippen molar-refractivity contribution < 1.29 is 9.66 Å². The highest BCUT2D eigenvalue weighted by molar-refractivity contribution is 5.59. The second-order valence-electron chi connectivity index (χ2n) is 6.74. The van der Waals surface area contributed by atoms with E-state index in [1.165, 1.54) is 32.4 Å². The lowest BCUT2D eigenvalue weighted by Crippen LogP contribution is -2.34. The van der Waals surface area contributed by atoms with Crippen LogP contribution in [0.3, 0.4) is 0 Å². The molecular formula is C17H26N4O3. The van der Waals surface area contributed by atoms with Gasteiger partial charge in [0.05, 0.1) is 17.6 Å². The Kier molecular flexibility index (Phi) is 5.63. The Bertz CT molecular complexity index is 575. The fraction of sp³-hybridized carbons (Fsp3) is 0.706. The first-order valence-corrected chi connectivity index (χ1v) is 8.83. The minimum atomic E-state index is -0.347. The quantitative estimate of drug-likeness (QED) is 0.587. The Balaban J connectivity index is 1.51. The van der Waals surface area contributed by atoms with Crippen molar-refractivity contribution in [2.45, 2.75) is 38.7 Å². The maximum Gasteiger partial charge on any atom is 0.311 e. The van der Waals surface area contributed by atoms with Crippen LogP contribution >= 0.6 is 0 Å². The molecule has 2 aliphatic rings. The molecule has 0 bridgehead atoms. The fourth-order valence-electron chi connectivity index (χ4n) is 3.51. The number of aryl methyl sites for hydroxylation is 1. The zero-order valence-electron chi connectivity index (χ0n) is 14.3. The highest BCUT2D eigenvalue weighted by Crippen LogP contribution is 2.29. The maximum atomic E-state index is 11.3. The highest BCUT2D eigenvalue weighted by atomic mass is 16.6. The molecule has 132 valence electrons. The second-order valence-corrected chi connectivity index (χ2v) is 6.74. The van der Waals surface area contributed by atoms with Crippen LogP contribution in [0.1, 0.15) is 31.2 Å². The van der Waals surface area contributed by atoms with Crippen LogP contribution < -0.4 is 4.90 Å². The predicted octanol–water partition coefficient (Wildman–Crippen LogP) is 2.38. The molecule has 0 amide bonds. The lowest BCUT2D eigenvalue weighted by atomic mass is 10.1. The molecule has 0 N–H and O–H groups in total. The Morgan fingerprint density at radius 1 is 1.33 bits per heavy atom. The molecule has 7 nitrogen and oxygen atoms in total. The molecule has 1 atom stereocenters. The number of nitro groups is 1. The summed E-state index contributed by atoms with van der Waals surface area (Å²) in [5.41, 5.74) is 0.892. The van der Waals surface area contributed by atoms with E-state index in [2.05, 4.69) is 9.88 Å². The molecular weight excluding hydrogens is 308 g/mol. The van der Waals surface area contributed by atoms with Gasteiger partial charge in [-0.1, -0.05) is 6.42 Å². The van der Waals surface area contributed by atoms with Crippen molar-refractivity contribution >= 4 is 11.5 Å². The molecule has 2 aliphatic heterocycles. The van der Waals surface area contributed by atoms with Crippen molar-refractivity contribution in [2.24, 2.45) is 0 Å². The summed E-state index contributed by atoms with van der Waals surface area (Å²) < 4.78 is 6.00. The van der Waals surface area contributed by atoms with Gasteiger partial charge in [-0.2, -0.15) is 0 Å². The van der Waals surface area contributed by atoms with Crippen LogP contribution in [0, 0.1) is 17.0 Å². The van der Waals surface area contributed by atoms with Gasteiger partial charge in [-0.05, 0) is 44.8 Å². The van der Waals surface area contributed by atoms with Crippen LogP contribution in [0.2, 0.25) is 0 Å². The summed E-state index contributed by atoms with van der Waals surface area (Å²) in [6.45, 7) is 7.34. The van der Waals surface area contributed by atoms with E-state index in [0.717, 1.165) is 31.7 Å². The number of aromatic nitrogens is 1. The van der Waals surface area contributed by atoms with Gasteiger partial charge < -0.3 is 14.5 Å². The zero-order chi connectivity index (χ0) is 16.9. The third-order valence-electron chi connectivity index (χ3n) is 4.83. The third-order valence-corrected chi connectivity index (χ3v) is 4.83. The smallest absolute Gasteiger partial charge is 0.311 e. The first-order valence-electron chi connectivity index (χ1n) is 8.83. The number of rotatable bonds is 6. The van der Waals surface area contributed by atoms with E-state index in [1.54, 1.807) is 12.3 Å². The van der Waals surface area contributed by atoms with Crippen LogP contribution in [0.15, 0.2) is 12.3 Å². The van der Waals surface area contributed by atoms with Crippen molar-refractivity contribution in [1.82, 2.24) is 9.88 Å². The zero-order valence-corrected chi connectivity index (χ0v) is 14.3. The molecule has 0 radical (unpaired) electrons. The number of ether oxygens (including phenoxy) is 1. The van der Waals surface area contributed by atoms with Gasteiger partial charge in [0.25, 0.3) is 0 Å². The third kappa shape index (κ3) is 4.21. The first kappa shape index (κ1) is 17.1. The van der Waals surface area contributed by atoms with Crippen molar-refractivity contribution in [1.29, 1.82) is 0 Å². The number of hydrogen-bond acceptors (Lipinski definition) is 6. The molecule has 3 rings (SSSR count). The second kappa shape index (κ2) is 7.90. The van der Waals surface area contributed by atoms with E-state index in [4.69, 9.17) is 4.74 Å². The molecule has 1 aromatic rings. The molecule has 0 aliphatic carbocycles. The summed E-state index contributed by atoms with van der Waals surface area (Å²) in [5.74, 6) is 0.465. The van der Waals surface area contributed by atoms with Crippen molar-refractivity contribution in [3.8, 4) is 0 Å². The summed E-state index contributed by atoms with van der Waals surface area (Å²) in [7, 11) is 0. The van der Waals surface area contributed by atoms with Crippen molar-refractivity contribution in [2.75, 3.05) is 44.2 Å². The summed E-state index contributed by atoms with van der Waals surface area (Å²) in [6.07, 6.45) is 6.65. The van der Waals surface area contributed by atoms with Gasteiger partial charge in [-0.15, -0.1) is 0 Å². The molecule has 2 fully saturated rings. The summed E-state index contributed by atoms with van der Waals surface area (Å²) in [5, 5.41) is 11.3. The molecule has 0 spiro atoms. The highest BCUT2D eigenvalue weighted by Gasteiger charge is 2.29. The molecule has 3 heterocycles. The molecule has 1 unspecified atom stereocenters. The lowest BCUT2D eigenvalue weighted by molar-refractivity contribution is -0.384. The Morgan fingerprint density at radius 2 is 2.12 bits per heavy atom. The molecule has 2 saturated heterocycles. The molecule has 1 aromatic heterocycles. The molecule has 0 saturated carbocycles. The van der Waals surface area contributed by atoms with E-state index in [-0.39, 0.29) is 16.7 Å². The van der Waals surface area contributed by atoms with E-state index < -0.39 is 0 Å². The van der Waals surface area contributed by atoms with Crippen LogP contribution in [-0.2, 0) is 4.74 Å². The molecule has 24 heavy (non-hydrogen) atoms. The predicted molar refractivity (Wildman–Crippen MR) is 92.5 cm³/mol. The van der Waals surface area contributed by atoms with Crippen LogP contribution in [0.25, 0.3) is 0 Å². The van der Waals surface area contributed by atoms with Crippen LogP contribution in [0.4, 0.5) is 11.5 Å². The van der Waals surface area contributed by atoms with Gasteiger partial charge in [0.1, 0.15) is 0 Å². The van der Waals surface area contributed by atoms with Gasteiger partial charge in [-0.25, -0.2) is 4.98 Å². The summed E-state index contributed by atoms with van der Waals surface area (Å²) in [4.78, 5) is 19.6. The monoisotopic (exact) mass is 334 g/mol. The van der Waals surface area contributed by atoms with Crippen LogP contribution in [0.5, 0.6) is 0 Å². The van der Waals surface area contributed by atoms with Crippen molar-refractivity contribution in [3.63, 3.8) is 0 Å². The maximum absolute atomic E-state index is 11.3. The van der Waals surface area contributed by atoms with E-state index in [9.17, 15) is 10.1 Å². The summed E-state index contributed by atoms with van der Waals surface area (Å²) in [6, 6.07) is 1.59. The number of anilines is 1. The van der Waals surface area contributed by atoms with Gasteiger partial charge in [0.15, 0.2) is 0 Å². The first-order chi connectivity index (χ1) is 11.6. The number of pyridine rings is 1. The standard InChI is InChI=1S/C17H26N4O3/c1-14-11-16(21(22)23)17(18-12-14)20-8-5-15(13-20)24-10-9-19-6-3-2-4-7-19/h11-12,15H,2-10,13H2,1H3. The number of likely N-dealkylation sites (tertiary alicyclic amines) is 1.